The normalized spacial score (nSPS) is 16.5. The number of hydrogen-bond donors (Lipinski definition) is 0. The maximum atomic E-state index is 5.47. The molecule has 0 bridgehead atoms. The van der Waals surface area contributed by atoms with E-state index in [1.807, 2.05) is 6.92 Å². The van der Waals surface area contributed by atoms with Gasteiger partial charge in [0.2, 0.25) is 0 Å². The van der Waals surface area contributed by atoms with Crippen LogP contribution in [0.1, 0.15) is 6.92 Å². The molecule has 0 fully saturated rings. The first-order chi connectivity index (χ1) is 2.81. The highest BCUT2D eigenvalue weighted by atomic mass is 35.6. The Bertz CT molecular complexity index is 30.0. The molecule has 1 nitrogen and oxygen atoms in total. The van der Waals surface area contributed by atoms with E-state index in [-0.39, 0.29) is 0 Å². The minimum absolute atomic E-state index is 0.340. The molecule has 0 amide bonds. The van der Waals surface area contributed by atoms with Crippen molar-refractivity contribution in [3.8, 4) is 0 Å². The Morgan fingerprint density at radius 3 is 2.33 bits per heavy atom. The van der Waals surface area contributed by atoms with Gasteiger partial charge in [-0.05, 0) is 6.92 Å². The van der Waals surface area contributed by atoms with Gasteiger partial charge in [-0.25, -0.2) is 0 Å². The molecule has 38 valence electrons. The fourth-order valence-corrected chi connectivity index (χ4v) is 0.567. The van der Waals surface area contributed by atoms with Gasteiger partial charge in [0.15, 0.2) is 8.83 Å². The number of methoxy groups -OCH3 is 1. The summed E-state index contributed by atoms with van der Waals surface area (Å²) < 4.78 is 4.83. The molecule has 0 spiro atoms. The summed E-state index contributed by atoms with van der Waals surface area (Å²) in [6.45, 7) is 1.99. The molecule has 0 aliphatic rings. The van der Waals surface area contributed by atoms with Crippen molar-refractivity contribution >= 4 is 19.9 Å². The maximum Gasteiger partial charge on any atom is 0.156 e. The van der Waals surface area contributed by atoms with Crippen LogP contribution < -0.4 is 0 Å². The Balaban J connectivity index is 2.75. The third-order valence-electron chi connectivity index (χ3n) is 0.620. The molecular formula is C3H9ClOSi. The third-order valence-corrected chi connectivity index (χ3v) is 2.69. The van der Waals surface area contributed by atoms with E-state index in [0.717, 1.165) is 0 Å². The van der Waals surface area contributed by atoms with E-state index in [9.17, 15) is 0 Å². The second-order valence-corrected chi connectivity index (χ2v) is 3.58. The Morgan fingerprint density at radius 2 is 2.33 bits per heavy atom. The zero-order valence-electron chi connectivity index (χ0n) is 4.07. The molecule has 0 aliphatic carbocycles. The standard InChI is InChI=1S/C3H9ClOSi/c1-3(5-2)6-4/h3H,6H2,1-2H3. The SMILES string of the molecule is COC(C)[SiH2]Cl. The van der Waals surface area contributed by atoms with Crippen LogP contribution in [0.3, 0.4) is 0 Å². The summed E-state index contributed by atoms with van der Waals surface area (Å²) in [6.07, 6.45) is 0. The summed E-state index contributed by atoms with van der Waals surface area (Å²) in [5.41, 5.74) is 0.340. The quantitative estimate of drug-likeness (QED) is 0.380. The van der Waals surface area contributed by atoms with Crippen molar-refractivity contribution in [2.24, 2.45) is 0 Å². The molecule has 0 aromatic rings. The van der Waals surface area contributed by atoms with E-state index in [0.29, 0.717) is 5.73 Å². The molecule has 0 rings (SSSR count). The van der Waals surface area contributed by atoms with Crippen LogP contribution in [0.15, 0.2) is 0 Å². The van der Waals surface area contributed by atoms with Gasteiger partial charge in [0.1, 0.15) is 0 Å². The van der Waals surface area contributed by atoms with Crippen LogP contribution in [0.5, 0.6) is 0 Å². The van der Waals surface area contributed by atoms with E-state index in [2.05, 4.69) is 0 Å². The lowest BCUT2D eigenvalue weighted by atomic mass is 10.9. The van der Waals surface area contributed by atoms with Gasteiger partial charge in [-0.15, -0.1) is 0 Å². The lowest BCUT2D eigenvalue weighted by Gasteiger charge is -1.99. The van der Waals surface area contributed by atoms with Crippen LogP contribution >= 0.6 is 11.1 Å². The van der Waals surface area contributed by atoms with Crippen molar-refractivity contribution in [3.05, 3.63) is 0 Å². The zero-order valence-corrected chi connectivity index (χ0v) is 6.24. The Kier molecular flexibility index (Phi) is 3.93. The predicted octanol–water partition coefficient (Wildman–Crippen LogP) is 0.301. The van der Waals surface area contributed by atoms with Crippen molar-refractivity contribution in [3.63, 3.8) is 0 Å². The predicted molar refractivity (Wildman–Crippen MR) is 30.9 cm³/mol. The van der Waals surface area contributed by atoms with E-state index in [1.165, 1.54) is 0 Å². The molecule has 0 heterocycles. The van der Waals surface area contributed by atoms with Gasteiger partial charge >= 0.3 is 0 Å². The third kappa shape index (κ3) is 2.69. The lowest BCUT2D eigenvalue weighted by molar-refractivity contribution is 0.180. The molecule has 1 atom stereocenters. The second-order valence-electron chi connectivity index (χ2n) is 1.20. The van der Waals surface area contributed by atoms with Crippen molar-refractivity contribution in [2.75, 3.05) is 7.11 Å². The average Bonchev–Trinajstić information content (AvgIpc) is 1.65. The molecule has 0 N–H and O–H groups in total. The molecule has 0 aromatic carbocycles. The van der Waals surface area contributed by atoms with Crippen molar-refractivity contribution < 1.29 is 4.74 Å². The minimum Gasteiger partial charge on any atom is -0.384 e. The summed E-state index contributed by atoms with van der Waals surface area (Å²) in [5, 5.41) is 0. The van der Waals surface area contributed by atoms with E-state index in [4.69, 9.17) is 15.8 Å². The molecule has 0 saturated heterocycles. The van der Waals surface area contributed by atoms with Gasteiger partial charge < -0.3 is 4.74 Å². The molecule has 0 aromatic heterocycles. The smallest absolute Gasteiger partial charge is 0.156 e. The van der Waals surface area contributed by atoms with Gasteiger partial charge in [0, 0.05) is 7.11 Å². The first-order valence-corrected chi connectivity index (χ1v) is 4.85. The molecule has 0 saturated carbocycles. The van der Waals surface area contributed by atoms with Crippen LogP contribution in [0.25, 0.3) is 0 Å². The average molecular weight is 125 g/mol. The second kappa shape index (κ2) is 3.65. The van der Waals surface area contributed by atoms with E-state index < -0.39 is 8.83 Å². The highest BCUT2D eigenvalue weighted by Crippen LogP contribution is 1.84. The monoisotopic (exact) mass is 124 g/mol. The number of halogens is 1. The van der Waals surface area contributed by atoms with Crippen LogP contribution in [0.4, 0.5) is 0 Å². The fourth-order valence-electron chi connectivity index (χ4n) is 0.0630. The van der Waals surface area contributed by atoms with Crippen LogP contribution in [-0.4, -0.2) is 21.7 Å². The first-order valence-electron chi connectivity index (χ1n) is 1.90. The highest BCUT2D eigenvalue weighted by Gasteiger charge is 1.92. The summed E-state index contributed by atoms with van der Waals surface area (Å²) in [4.78, 5) is 0. The maximum absolute atomic E-state index is 5.47. The summed E-state index contributed by atoms with van der Waals surface area (Å²) in [7, 11) is 1.27. The van der Waals surface area contributed by atoms with Gasteiger partial charge in [-0.3, -0.25) is 0 Å². The van der Waals surface area contributed by atoms with Crippen LogP contribution in [-0.2, 0) is 4.74 Å². The molecule has 0 aliphatic heterocycles. The molecule has 3 heteroatoms. The number of ether oxygens (including phenoxy) is 1. The van der Waals surface area contributed by atoms with Crippen LogP contribution in [0.2, 0.25) is 0 Å². The Hall–Kier alpha value is 0.467. The van der Waals surface area contributed by atoms with E-state index in [1.54, 1.807) is 7.11 Å². The number of hydrogen-bond acceptors (Lipinski definition) is 1. The summed E-state index contributed by atoms with van der Waals surface area (Å²) in [6, 6.07) is 0. The van der Waals surface area contributed by atoms with Gasteiger partial charge in [0.25, 0.3) is 0 Å². The minimum atomic E-state index is -0.412. The van der Waals surface area contributed by atoms with Gasteiger partial charge in [0.05, 0.1) is 5.73 Å². The molecule has 0 radical (unpaired) electrons. The highest BCUT2D eigenvalue weighted by molar-refractivity contribution is 6.94. The lowest BCUT2D eigenvalue weighted by Crippen LogP contribution is -2.08. The molecular weight excluding hydrogens is 116 g/mol. The fraction of sp³-hybridized carbons (Fsp3) is 1.00. The van der Waals surface area contributed by atoms with Crippen LogP contribution in [0, 0.1) is 0 Å². The first kappa shape index (κ1) is 6.47. The Labute approximate surface area is 45.2 Å². The molecule has 1 unspecified atom stereocenters. The van der Waals surface area contributed by atoms with Gasteiger partial charge in [-0.1, -0.05) is 0 Å². The Morgan fingerprint density at radius 1 is 1.83 bits per heavy atom. The molecule has 6 heavy (non-hydrogen) atoms. The number of rotatable bonds is 2. The van der Waals surface area contributed by atoms with Crippen molar-refractivity contribution in [2.45, 2.75) is 12.7 Å². The van der Waals surface area contributed by atoms with Crippen molar-refractivity contribution in [1.82, 2.24) is 0 Å². The topological polar surface area (TPSA) is 9.23 Å². The van der Waals surface area contributed by atoms with Gasteiger partial charge in [-0.2, -0.15) is 11.1 Å². The largest absolute Gasteiger partial charge is 0.384 e. The zero-order chi connectivity index (χ0) is 4.99. The van der Waals surface area contributed by atoms with Crippen molar-refractivity contribution in [1.29, 1.82) is 0 Å². The van der Waals surface area contributed by atoms with E-state index >= 15 is 0 Å². The summed E-state index contributed by atoms with van der Waals surface area (Å²) in [5.74, 6) is 0. The summed E-state index contributed by atoms with van der Waals surface area (Å²) >= 11 is 5.47.